The van der Waals surface area contributed by atoms with E-state index in [1.54, 1.807) is 6.07 Å². The third kappa shape index (κ3) is 2.43. The zero-order valence-corrected chi connectivity index (χ0v) is 10.3. The molecule has 0 spiro atoms. The predicted molar refractivity (Wildman–Crippen MR) is 63.3 cm³/mol. The van der Waals surface area contributed by atoms with Crippen LogP contribution in [-0.2, 0) is 0 Å². The fourth-order valence-electron chi connectivity index (χ4n) is 2.79. The summed E-state index contributed by atoms with van der Waals surface area (Å²) in [5.41, 5.74) is 0.818. The van der Waals surface area contributed by atoms with Crippen molar-refractivity contribution in [2.75, 3.05) is 7.11 Å². The van der Waals surface area contributed by atoms with Gasteiger partial charge in [-0.25, -0.2) is 4.39 Å². The molecule has 17 heavy (non-hydrogen) atoms. The van der Waals surface area contributed by atoms with E-state index in [4.69, 9.17) is 4.74 Å². The molecule has 2 atom stereocenters. The van der Waals surface area contributed by atoms with Crippen LogP contribution in [0.2, 0.25) is 0 Å². The van der Waals surface area contributed by atoms with E-state index in [2.05, 4.69) is 6.92 Å². The van der Waals surface area contributed by atoms with E-state index in [0.717, 1.165) is 24.8 Å². The Balaban J connectivity index is 2.34. The highest BCUT2D eigenvalue weighted by Gasteiger charge is 2.25. The van der Waals surface area contributed by atoms with Crippen LogP contribution < -0.4 is 4.74 Å². The molecular formula is C14H18F2O. The maximum atomic E-state index is 13.6. The maximum Gasteiger partial charge on any atom is 0.200 e. The molecule has 1 aliphatic rings. The lowest BCUT2D eigenvalue weighted by atomic mass is 9.78. The first-order valence-corrected chi connectivity index (χ1v) is 6.15. The quantitative estimate of drug-likeness (QED) is 0.750. The molecule has 2 rings (SSSR count). The fraction of sp³-hybridized carbons (Fsp3) is 0.571. The predicted octanol–water partition coefficient (Wildman–Crippen LogP) is 4.27. The minimum atomic E-state index is -0.858. The van der Waals surface area contributed by atoms with Gasteiger partial charge in [-0.05, 0) is 30.7 Å². The summed E-state index contributed by atoms with van der Waals surface area (Å²) in [4.78, 5) is 0. The molecule has 0 radical (unpaired) electrons. The number of hydrogen-bond donors (Lipinski definition) is 0. The van der Waals surface area contributed by atoms with Crippen molar-refractivity contribution in [2.24, 2.45) is 5.92 Å². The molecule has 0 saturated heterocycles. The maximum absolute atomic E-state index is 13.6. The van der Waals surface area contributed by atoms with Gasteiger partial charge < -0.3 is 4.74 Å². The highest BCUT2D eigenvalue weighted by molar-refractivity contribution is 5.38. The molecular weight excluding hydrogens is 222 g/mol. The lowest BCUT2D eigenvalue weighted by Gasteiger charge is -2.28. The Hall–Kier alpha value is -1.12. The number of halogens is 2. The van der Waals surface area contributed by atoms with Crippen LogP contribution in [0.4, 0.5) is 8.78 Å². The molecule has 3 heteroatoms. The van der Waals surface area contributed by atoms with Gasteiger partial charge in [0.2, 0.25) is 5.82 Å². The van der Waals surface area contributed by atoms with E-state index in [1.165, 1.54) is 19.6 Å². The van der Waals surface area contributed by atoms with Gasteiger partial charge in [0.05, 0.1) is 7.11 Å². The first-order chi connectivity index (χ1) is 8.13. The Bertz CT molecular complexity index is 403. The Morgan fingerprint density at radius 1 is 1.24 bits per heavy atom. The fourth-order valence-corrected chi connectivity index (χ4v) is 2.79. The summed E-state index contributed by atoms with van der Waals surface area (Å²) in [6, 6.07) is 2.87. The van der Waals surface area contributed by atoms with Gasteiger partial charge in [-0.1, -0.05) is 25.8 Å². The zero-order valence-electron chi connectivity index (χ0n) is 10.3. The van der Waals surface area contributed by atoms with Crippen molar-refractivity contribution in [1.29, 1.82) is 0 Å². The highest BCUT2D eigenvalue weighted by Crippen LogP contribution is 2.40. The van der Waals surface area contributed by atoms with Crippen molar-refractivity contribution in [2.45, 2.75) is 38.5 Å². The minimum absolute atomic E-state index is 0.0871. The molecule has 1 fully saturated rings. The molecule has 0 N–H and O–H groups in total. The highest BCUT2D eigenvalue weighted by atomic mass is 19.2. The molecule has 2 unspecified atom stereocenters. The average Bonchev–Trinajstić information content (AvgIpc) is 2.32. The topological polar surface area (TPSA) is 9.23 Å². The first-order valence-electron chi connectivity index (χ1n) is 6.15. The molecule has 1 aliphatic carbocycles. The Labute approximate surface area is 101 Å². The Morgan fingerprint density at radius 2 is 2.00 bits per heavy atom. The second kappa shape index (κ2) is 5.03. The van der Waals surface area contributed by atoms with Gasteiger partial charge in [0.15, 0.2) is 11.6 Å². The third-order valence-corrected chi connectivity index (χ3v) is 3.66. The number of rotatable bonds is 2. The van der Waals surface area contributed by atoms with Gasteiger partial charge >= 0.3 is 0 Å². The van der Waals surface area contributed by atoms with Gasteiger partial charge in [-0.15, -0.1) is 0 Å². The van der Waals surface area contributed by atoms with E-state index in [1.807, 2.05) is 0 Å². The standard InChI is InChI=1S/C14H18F2O/c1-9-4-3-5-10(8-9)11-6-7-12(15)13(16)14(11)17-2/h6-7,9-10H,3-5,8H2,1-2H3. The van der Waals surface area contributed by atoms with Crippen LogP contribution in [0.1, 0.15) is 44.1 Å². The van der Waals surface area contributed by atoms with Crippen molar-refractivity contribution >= 4 is 0 Å². The largest absolute Gasteiger partial charge is 0.493 e. The second-order valence-electron chi connectivity index (χ2n) is 4.95. The van der Waals surface area contributed by atoms with E-state index < -0.39 is 11.6 Å². The molecule has 0 aliphatic heterocycles. The van der Waals surface area contributed by atoms with Gasteiger partial charge in [-0.3, -0.25) is 0 Å². The van der Waals surface area contributed by atoms with Crippen molar-refractivity contribution in [3.05, 3.63) is 29.3 Å². The number of benzene rings is 1. The summed E-state index contributed by atoms with van der Waals surface area (Å²) < 4.78 is 31.8. The van der Waals surface area contributed by atoms with Gasteiger partial charge in [0.25, 0.3) is 0 Å². The molecule has 1 aromatic rings. The summed E-state index contributed by atoms with van der Waals surface area (Å²) in [7, 11) is 1.40. The van der Waals surface area contributed by atoms with Gasteiger partial charge in [0.1, 0.15) is 0 Å². The average molecular weight is 240 g/mol. The van der Waals surface area contributed by atoms with Gasteiger partial charge in [-0.2, -0.15) is 4.39 Å². The zero-order chi connectivity index (χ0) is 12.4. The first kappa shape index (κ1) is 12.3. The molecule has 1 saturated carbocycles. The van der Waals surface area contributed by atoms with Crippen molar-refractivity contribution in [1.82, 2.24) is 0 Å². The van der Waals surface area contributed by atoms with E-state index in [9.17, 15) is 8.78 Å². The van der Waals surface area contributed by atoms with Crippen LogP contribution in [-0.4, -0.2) is 7.11 Å². The normalized spacial score (nSPS) is 24.7. The molecule has 1 aromatic carbocycles. The Kier molecular flexibility index (Phi) is 3.65. The van der Waals surface area contributed by atoms with Crippen LogP contribution in [0.25, 0.3) is 0 Å². The van der Waals surface area contributed by atoms with E-state index >= 15 is 0 Å². The number of hydrogen-bond acceptors (Lipinski definition) is 1. The lowest BCUT2D eigenvalue weighted by Crippen LogP contribution is -2.13. The van der Waals surface area contributed by atoms with E-state index in [-0.39, 0.29) is 5.75 Å². The summed E-state index contributed by atoms with van der Waals surface area (Å²) in [5.74, 6) is -0.669. The summed E-state index contributed by atoms with van der Waals surface area (Å²) in [6.07, 6.45) is 4.43. The number of ether oxygens (including phenoxy) is 1. The van der Waals surface area contributed by atoms with Crippen LogP contribution in [0.3, 0.4) is 0 Å². The van der Waals surface area contributed by atoms with Crippen molar-refractivity contribution in [3.63, 3.8) is 0 Å². The second-order valence-corrected chi connectivity index (χ2v) is 4.95. The van der Waals surface area contributed by atoms with Crippen LogP contribution >= 0.6 is 0 Å². The Morgan fingerprint density at radius 3 is 2.65 bits per heavy atom. The smallest absolute Gasteiger partial charge is 0.200 e. The van der Waals surface area contributed by atoms with E-state index in [0.29, 0.717) is 11.8 Å². The molecule has 0 aromatic heterocycles. The van der Waals surface area contributed by atoms with Gasteiger partial charge in [0, 0.05) is 5.56 Å². The third-order valence-electron chi connectivity index (χ3n) is 3.66. The summed E-state index contributed by atoms with van der Waals surface area (Å²) in [5, 5.41) is 0. The molecule has 0 amide bonds. The van der Waals surface area contributed by atoms with Crippen molar-refractivity contribution < 1.29 is 13.5 Å². The van der Waals surface area contributed by atoms with Crippen LogP contribution in [0.5, 0.6) is 5.75 Å². The number of methoxy groups -OCH3 is 1. The monoisotopic (exact) mass is 240 g/mol. The van der Waals surface area contributed by atoms with Crippen LogP contribution in [0.15, 0.2) is 12.1 Å². The lowest BCUT2D eigenvalue weighted by molar-refractivity contribution is 0.322. The SMILES string of the molecule is COc1c(C2CCCC(C)C2)ccc(F)c1F. The molecule has 1 nitrogen and oxygen atoms in total. The molecule has 94 valence electrons. The molecule has 0 bridgehead atoms. The van der Waals surface area contributed by atoms with Crippen LogP contribution in [0, 0.1) is 17.6 Å². The van der Waals surface area contributed by atoms with Crippen molar-refractivity contribution in [3.8, 4) is 5.75 Å². The summed E-state index contributed by atoms with van der Waals surface area (Å²) in [6.45, 7) is 2.21. The minimum Gasteiger partial charge on any atom is -0.493 e. The molecule has 0 heterocycles. The summed E-state index contributed by atoms with van der Waals surface area (Å²) >= 11 is 0.